The van der Waals surface area contributed by atoms with Crippen LogP contribution < -0.4 is 16.2 Å². The minimum atomic E-state index is 0.370. The summed E-state index contributed by atoms with van der Waals surface area (Å²) in [5.41, 5.74) is 2.57. The van der Waals surface area contributed by atoms with E-state index in [2.05, 4.69) is 41.1 Å². The monoisotopic (exact) mass is 267 g/mol. The van der Waals surface area contributed by atoms with Crippen LogP contribution in [0.4, 0.5) is 11.6 Å². The molecular formula is C13H25N5O. The van der Waals surface area contributed by atoms with Gasteiger partial charge in [-0.3, -0.25) is 0 Å². The third-order valence-electron chi connectivity index (χ3n) is 3.02. The molecule has 108 valence electrons. The fraction of sp³-hybridized carbons (Fsp3) is 0.692. The number of nitrogens with one attached hydrogen (secondary N) is 1. The maximum Gasteiger partial charge on any atom is 0.158 e. The van der Waals surface area contributed by atoms with Crippen LogP contribution in [0.25, 0.3) is 0 Å². The van der Waals surface area contributed by atoms with E-state index >= 15 is 0 Å². The van der Waals surface area contributed by atoms with Crippen molar-refractivity contribution >= 4 is 11.6 Å². The predicted octanol–water partition coefficient (Wildman–Crippen LogP) is 1.78. The second-order valence-corrected chi connectivity index (χ2v) is 5.19. The van der Waals surface area contributed by atoms with Crippen molar-refractivity contribution in [2.24, 2.45) is 11.8 Å². The number of ether oxygens (including phenoxy) is 1. The van der Waals surface area contributed by atoms with Gasteiger partial charge < -0.3 is 15.1 Å². The van der Waals surface area contributed by atoms with Crippen molar-refractivity contribution in [2.45, 2.75) is 39.8 Å². The van der Waals surface area contributed by atoms with Gasteiger partial charge in [0.25, 0.3) is 0 Å². The summed E-state index contributed by atoms with van der Waals surface area (Å²) in [7, 11) is 3.66. The maximum atomic E-state index is 5.44. The minimum absolute atomic E-state index is 0.370. The third-order valence-corrected chi connectivity index (χ3v) is 3.02. The summed E-state index contributed by atoms with van der Waals surface area (Å²) in [6.07, 6.45) is 1.10. The average molecular weight is 267 g/mol. The SMILES string of the molecule is COCc1nc(NN)cc(N(C)C(C)CC(C)C)n1. The number of nitrogens with two attached hydrogens (primary N) is 1. The smallest absolute Gasteiger partial charge is 0.158 e. The molecule has 0 fully saturated rings. The molecule has 6 nitrogen and oxygen atoms in total. The molecule has 0 spiro atoms. The third kappa shape index (κ3) is 4.65. The van der Waals surface area contributed by atoms with E-state index in [4.69, 9.17) is 10.6 Å². The molecule has 3 N–H and O–H groups in total. The maximum absolute atomic E-state index is 5.44. The largest absolute Gasteiger partial charge is 0.377 e. The Morgan fingerprint density at radius 1 is 1.37 bits per heavy atom. The Balaban J connectivity index is 2.94. The van der Waals surface area contributed by atoms with Crippen LogP contribution >= 0.6 is 0 Å². The number of nitrogen functional groups attached to an aromatic ring is 1. The Morgan fingerprint density at radius 2 is 2.05 bits per heavy atom. The van der Waals surface area contributed by atoms with E-state index < -0.39 is 0 Å². The zero-order chi connectivity index (χ0) is 14.4. The van der Waals surface area contributed by atoms with Gasteiger partial charge in [0.05, 0.1) is 0 Å². The van der Waals surface area contributed by atoms with E-state index in [1.165, 1.54) is 0 Å². The first kappa shape index (κ1) is 15.7. The van der Waals surface area contributed by atoms with Gasteiger partial charge in [-0.05, 0) is 19.3 Å². The minimum Gasteiger partial charge on any atom is -0.377 e. The number of nitrogens with zero attached hydrogens (tertiary/aromatic N) is 3. The Bertz CT molecular complexity index is 397. The molecular weight excluding hydrogens is 242 g/mol. The lowest BCUT2D eigenvalue weighted by Gasteiger charge is -2.27. The molecule has 0 aromatic carbocycles. The number of methoxy groups -OCH3 is 1. The summed E-state index contributed by atoms with van der Waals surface area (Å²) in [5.74, 6) is 8.15. The van der Waals surface area contributed by atoms with Gasteiger partial charge in [-0.1, -0.05) is 13.8 Å². The Morgan fingerprint density at radius 3 is 2.58 bits per heavy atom. The molecule has 0 aliphatic heterocycles. The van der Waals surface area contributed by atoms with E-state index in [1.807, 2.05) is 13.1 Å². The molecule has 1 rings (SSSR count). The average Bonchev–Trinajstić information content (AvgIpc) is 2.37. The lowest BCUT2D eigenvalue weighted by Crippen LogP contribution is -2.31. The number of hydrogen-bond acceptors (Lipinski definition) is 6. The van der Waals surface area contributed by atoms with Gasteiger partial charge in [0.15, 0.2) is 5.82 Å². The van der Waals surface area contributed by atoms with E-state index in [-0.39, 0.29) is 0 Å². The zero-order valence-electron chi connectivity index (χ0n) is 12.5. The highest BCUT2D eigenvalue weighted by atomic mass is 16.5. The molecule has 0 aliphatic carbocycles. The van der Waals surface area contributed by atoms with Crippen LogP contribution in [-0.4, -0.2) is 30.2 Å². The van der Waals surface area contributed by atoms with Crippen molar-refractivity contribution in [3.63, 3.8) is 0 Å². The molecule has 0 bridgehead atoms. The quantitative estimate of drug-likeness (QED) is 0.579. The molecule has 0 saturated heterocycles. The first-order valence-electron chi connectivity index (χ1n) is 6.54. The van der Waals surface area contributed by atoms with Crippen molar-refractivity contribution in [3.05, 3.63) is 11.9 Å². The molecule has 1 aromatic rings. The summed E-state index contributed by atoms with van der Waals surface area (Å²) in [5, 5.41) is 0. The normalized spacial score (nSPS) is 12.6. The molecule has 0 radical (unpaired) electrons. The van der Waals surface area contributed by atoms with Crippen LogP contribution in [0.2, 0.25) is 0 Å². The first-order chi connectivity index (χ1) is 8.97. The van der Waals surface area contributed by atoms with Gasteiger partial charge in [0, 0.05) is 26.3 Å². The lowest BCUT2D eigenvalue weighted by molar-refractivity contribution is 0.178. The van der Waals surface area contributed by atoms with Crippen LogP contribution in [0, 0.1) is 5.92 Å². The van der Waals surface area contributed by atoms with Crippen LogP contribution in [0.3, 0.4) is 0 Å². The topological polar surface area (TPSA) is 76.3 Å². The van der Waals surface area contributed by atoms with E-state index in [0.29, 0.717) is 30.2 Å². The highest BCUT2D eigenvalue weighted by molar-refractivity contribution is 5.48. The van der Waals surface area contributed by atoms with Crippen molar-refractivity contribution in [1.29, 1.82) is 0 Å². The molecule has 0 aliphatic rings. The number of anilines is 2. The molecule has 19 heavy (non-hydrogen) atoms. The number of hydrazine groups is 1. The molecule has 1 heterocycles. The number of hydrogen-bond donors (Lipinski definition) is 2. The van der Waals surface area contributed by atoms with Crippen molar-refractivity contribution in [3.8, 4) is 0 Å². The van der Waals surface area contributed by atoms with E-state index in [9.17, 15) is 0 Å². The Kier molecular flexibility index (Phi) is 5.98. The van der Waals surface area contributed by atoms with Crippen molar-refractivity contribution < 1.29 is 4.74 Å². The predicted molar refractivity (Wildman–Crippen MR) is 77.9 cm³/mol. The summed E-state index contributed by atoms with van der Waals surface area (Å²) in [6.45, 7) is 6.99. The molecule has 0 saturated carbocycles. The molecule has 6 heteroatoms. The summed E-state index contributed by atoms with van der Waals surface area (Å²) in [6, 6.07) is 2.24. The fourth-order valence-corrected chi connectivity index (χ4v) is 2.00. The summed E-state index contributed by atoms with van der Waals surface area (Å²) >= 11 is 0. The lowest BCUT2D eigenvalue weighted by atomic mass is 10.0. The zero-order valence-corrected chi connectivity index (χ0v) is 12.5. The summed E-state index contributed by atoms with van der Waals surface area (Å²) < 4.78 is 5.08. The van der Waals surface area contributed by atoms with E-state index in [1.54, 1.807) is 7.11 Å². The van der Waals surface area contributed by atoms with Crippen LogP contribution in [0.15, 0.2) is 6.07 Å². The molecule has 1 aromatic heterocycles. The number of rotatable bonds is 7. The Hall–Kier alpha value is -1.40. The van der Waals surface area contributed by atoms with Crippen LogP contribution in [-0.2, 0) is 11.3 Å². The summed E-state index contributed by atoms with van der Waals surface area (Å²) in [4.78, 5) is 10.9. The van der Waals surface area contributed by atoms with Gasteiger partial charge in [0.1, 0.15) is 18.2 Å². The van der Waals surface area contributed by atoms with Crippen LogP contribution in [0.5, 0.6) is 0 Å². The van der Waals surface area contributed by atoms with Crippen molar-refractivity contribution in [1.82, 2.24) is 9.97 Å². The molecule has 1 unspecified atom stereocenters. The Labute approximate surface area is 115 Å². The van der Waals surface area contributed by atoms with Gasteiger partial charge >= 0.3 is 0 Å². The van der Waals surface area contributed by atoms with Gasteiger partial charge in [-0.25, -0.2) is 15.8 Å². The highest BCUT2D eigenvalue weighted by Gasteiger charge is 2.15. The van der Waals surface area contributed by atoms with Gasteiger partial charge in [0.2, 0.25) is 0 Å². The van der Waals surface area contributed by atoms with Crippen molar-refractivity contribution in [2.75, 3.05) is 24.5 Å². The standard InChI is InChI=1S/C13H25N5O/c1-9(2)6-10(3)18(4)13-7-11(17-14)15-12(16-13)8-19-5/h7,9-10H,6,8,14H2,1-5H3,(H,15,16,17). The number of aromatic nitrogens is 2. The second kappa shape index (κ2) is 7.25. The van der Waals surface area contributed by atoms with E-state index in [0.717, 1.165) is 12.2 Å². The molecule has 0 amide bonds. The van der Waals surface area contributed by atoms with Gasteiger partial charge in [-0.2, -0.15) is 0 Å². The second-order valence-electron chi connectivity index (χ2n) is 5.19. The van der Waals surface area contributed by atoms with Gasteiger partial charge in [-0.15, -0.1) is 0 Å². The molecule has 1 atom stereocenters. The highest BCUT2D eigenvalue weighted by Crippen LogP contribution is 2.19. The fourth-order valence-electron chi connectivity index (χ4n) is 2.00. The first-order valence-corrected chi connectivity index (χ1v) is 6.54. The van der Waals surface area contributed by atoms with Crippen LogP contribution in [0.1, 0.15) is 33.0 Å².